The number of alkyl halides is 3. The number of rotatable bonds is 5. The van der Waals surface area contributed by atoms with Crippen molar-refractivity contribution >= 4 is 54.8 Å². The molecule has 0 aliphatic carbocycles. The van der Waals surface area contributed by atoms with E-state index in [4.69, 9.17) is 0 Å². The highest BCUT2D eigenvalue weighted by atomic mass is 32.2. The monoisotopic (exact) mass is 446 g/mol. The van der Waals surface area contributed by atoms with Gasteiger partial charge in [-0.25, -0.2) is 8.42 Å². The highest BCUT2D eigenvalue weighted by molar-refractivity contribution is 8.16. The zero-order chi connectivity index (χ0) is 19.9. The second-order valence-corrected chi connectivity index (χ2v) is 9.45. The van der Waals surface area contributed by atoms with E-state index in [1.807, 2.05) is 5.75 Å². The summed E-state index contributed by atoms with van der Waals surface area (Å²) in [6, 6.07) is 6.76. The van der Waals surface area contributed by atoms with E-state index in [0.717, 1.165) is 17.4 Å². The van der Waals surface area contributed by atoms with Crippen molar-refractivity contribution in [2.45, 2.75) is 10.6 Å². The fourth-order valence-electron chi connectivity index (χ4n) is 2.64. The van der Waals surface area contributed by atoms with Crippen LogP contribution in [0.15, 0.2) is 44.9 Å². The Morgan fingerprint density at radius 1 is 1.25 bits per heavy atom. The van der Waals surface area contributed by atoms with Crippen LogP contribution in [0.3, 0.4) is 0 Å². The molecule has 2 N–H and O–H groups in total. The summed E-state index contributed by atoms with van der Waals surface area (Å²) in [6.45, 7) is 0.523. The first-order chi connectivity index (χ1) is 13.2. The van der Waals surface area contributed by atoms with Gasteiger partial charge in [0.1, 0.15) is 15.0 Å². The van der Waals surface area contributed by atoms with Crippen molar-refractivity contribution in [2.75, 3.05) is 11.3 Å². The maximum Gasteiger partial charge on any atom is 0.573 e. The summed E-state index contributed by atoms with van der Waals surface area (Å²) in [5, 5.41) is 2.61. The number of hydrogen-bond donors (Lipinski definition) is 2. The summed E-state index contributed by atoms with van der Waals surface area (Å²) in [5.74, 6) is 1.35. The molecule has 0 saturated heterocycles. The number of aromatic nitrogens is 1. The highest BCUT2D eigenvalue weighted by Gasteiger charge is 2.32. The molecule has 3 heterocycles. The maximum absolute atomic E-state index is 12.7. The molecule has 1 aromatic carbocycles. The quantitative estimate of drug-likeness (QED) is 0.601. The van der Waals surface area contributed by atoms with E-state index in [1.165, 1.54) is 23.9 Å². The van der Waals surface area contributed by atoms with Crippen LogP contribution in [-0.4, -0.2) is 31.4 Å². The number of aromatic amines is 1. The lowest BCUT2D eigenvalue weighted by molar-refractivity contribution is -0.274. The number of sulfonamides is 1. The van der Waals surface area contributed by atoms with Gasteiger partial charge in [-0.15, -0.1) is 24.5 Å². The Kier molecular flexibility index (Phi) is 4.79. The summed E-state index contributed by atoms with van der Waals surface area (Å²) in [7, 11) is -3.96. The number of thiophene rings is 1. The number of aliphatic imine (C=N–C) groups is 1. The minimum Gasteiger partial charge on any atom is -0.406 e. The number of hydrogen-bond acceptors (Lipinski definition) is 6. The molecule has 0 amide bonds. The molecular weight excluding hydrogens is 435 g/mol. The third-order valence-electron chi connectivity index (χ3n) is 3.67. The Bertz CT molecular complexity index is 1150. The smallest absolute Gasteiger partial charge is 0.406 e. The van der Waals surface area contributed by atoms with Crippen molar-refractivity contribution in [2.24, 2.45) is 4.99 Å². The SMILES string of the molecule is O=S(=O)(Nc1cc(OC(F)(F)F)cc2cc(C3=NC[CH]S3)[nH]c12)c1cccs1. The van der Waals surface area contributed by atoms with Crippen LogP contribution in [0.4, 0.5) is 18.9 Å². The minimum atomic E-state index is -4.91. The molecule has 147 valence electrons. The van der Waals surface area contributed by atoms with Gasteiger partial charge in [0.2, 0.25) is 0 Å². The van der Waals surface area contributed by atoms with E-state index >= 15 is 0 Å². The number of nitrogens with zero attached hydrogens (tertiary/aromatic N) is 1. The Morgan fingerprint density at radius 3 is 2.71 bits per heavy atom. The third-order valence-corrected chi connectivity index (χ3v) is 7.33. The molecule has 0 spiro atoms. The van der Waals surface area contributed by atoms with Gasteiger partial charge in [0, 0.05) is 17.2 Å². The first kappa shape index (κ1) is 19.2. The van der Waals surface area contributed by atoms with E-state index < -0.39 is 22.1 Å². The van der Waals surface area contributed by atoms with E-state index in [2.05, 4.69) is 19.4 Å². The number of benzene rings is 1. The fourth-order valence-corrected chi connectivity index (χ4v) is 5.39. The molecule has 1 radical (unpaired) electrons. The van der Waals surface area contributed by atoms with Crippen molar-refractivity contribution in [3.8, 4) is 5.75 Å². The molecule has 2 aromatic heterocycles. The standard InChI is InChI=1S/C16H11F3N3O3S3/c17-16(18,19)25-10-6-9-7-12(15-20-3-5-27-15)21-14(9)11(8-10)22-28(23,24)13-2-1-4-26-13/h1-2,4-8,21-22H,3H2. The second-order valence-electron chi connectivity index (χ2n) is 5.63. The summed E-state index contributed by atoms with van der Waals surface area (Å²) in [5.41, 5.74) is 0.860. The summed E-state index contributed by atoms with van der Waals surface area (Å²) in [4.78, 5) is 7.30. The molecule has 4 rings (SSSR count). The molecule has 6 nitrogen and oxygen atoms in total. The van der Waals surface area contributed by atoms with Crippen LogP contribution >= 0.6 is 23.1 Å². The van der Waals surface area contributed by atoms with Gasteiger partial charge in [0.05, 0.1) is 23.4 Å². The number of nitrogens with one attached hydrogen (secondary N) is 2. The van der Waals surface area contributed by atoms with Crippen LogP contribution in [0.2, 0.25) is 0 Å². The van der Waals surface area contributed by atoms with Crippen molar-refractivity contribution in [1.29, 1.82) is 0 Å². The number of thioether (sulfide) groups is 1. The molecule has 0 unspecified atom stereocenters. The van der Waals surface area contributed by atoms with Crippen LogP contribution in [0.5, 0.6) is 5.75 Å². The van der Waals surface area contributed by atoms with E-state index in [-0.39, 0.29) is 9.90 Å². The first-order valence-corrected chi connectivity index (χ1v) is 11.0. The second kappa shape index (κ2) is 7.01. The average molecular weight is 446 g/mol. The van der Waals surface area contributed by atoms with Crippen LogP contribution in [0.25, 0.3) is 10.9 Å². The molecule has 1 aliphatic rings. The molecular formula is C16H11F3N3O3S3. The molecule has 28 heavy (non-hydrogen) atoms. The highest BCUT2D eigenvalue weighted by Crippen LogP contribution is 2.35. The molecule has 0 fully saturated rings. The van der Waals surface area contributed by atoms with Crippen LogP contribution in [-0.2, 0) is 10.0 Å². The van der Waals surface area contributed by atoms with Gasteiger partial charge in [-0.05, 0) is 23.6 Å². The number of H-pyrrole nitrogens is 1. The van der Waals surface area contributed by atoms with Gasteiger partial charge in [0.15, 0.2) is 0 Å². The van der Waals surface area contributed by atoms with Gasteiger partial charge in [0.25, 0.3) is 10.0 Å². The van der Waals surface area contributed by atoms with Crippen LogP contribution < -0.4 is 9.46 Å². The number of halogens is 3. The Hall–Kier alpha value is -2.18. The lowest BCUT2D eigenvalue weighted by Gasteiger charge is -2.12. The van der Waals surface area contributed by atoms with E-state index in [9.17, 15) is 21.6 Å². The first-order valence-electron chi connectivity index (χ1n) is 7.73. The Morgan fingerprint density at radius 2 is 2.07 bits per heavy atom. The average Bonchev–Trinajstić information content (AvgIpc) is 3.33. The van der Waals surface area contributed by atoms with Crippen LogP contribution in [0.1, 0.15) is 5.69 Å². The molecule has 0 bridgehead atoms. The maximum atomic E-state index is 12.7. The summed E-state index contributed by atoms with van der Waals surface area (Å²) >= 11 is 2.38. The lowest BCUT2D eigenvalue weighted by Crippen LogP contribution is -2.17. The Balaban J connectivity index is 1.81. The van der Waals surface area contributed by atoms with Crippen molar-refractivity contribution in [3.05, 3.63) is 47.2 Å². The van der Waals surface area contributed by atoms with Gasteiger partial charge in [-0.3, -0.25) is 9.71 Å². The van der Waals surface area contributed by atoms with Crippen molar-refractivity contribution in [3.63, 3.8) is 0 Å². The van der Waals surface area contributed by atoms with E-state index in [0.29, 0.717) is 28.2 Å². The van der Waals surface area contributed by atoms with E-state index in [1.54, 1.807) is 17.5 Å². The summed E-state index contributed by atoms with van der Waals surface area (Å²) in [6.07, 6.45) is -4.91. The van der Waals surface area contributed by atoms with Gasteiger partial charge in [-0.2, -0.15) is 0 Å². The number of ether oxygens (including phenoxy) is 1. The third kappa shape index (κ3) is 3.98. The van der Waals surface area contributed by atoms with Crippen LogP contribution in [0, 0.1) is 5.75 Å². The van der Waals surface area contributed by atoms with Gasteiger partial charge >= 0.3 is 6.36 Å². The molecule has 0 saturated carbocycles. The lowest BCUT2D eigenvalue weighted by atomic mass is 10.2. The zero-order valence-electron chi connectivity index (χ0n) is 13.8. The normalized spacial score (nSPS) is 15.0. The van der Waals surface area contributed by atoms with Gasteiger partial charge < -0.3 is 9.72 Å². The largest absolute Gasteiger partial charge is 0.573 e. The molecule has 3 aromatic rings. The molecule has 1 aliphatic heterocycles. The molecule has 12 heteroatoms. The topological polar surface area (TPSA) is 83.6 Å². The molecule has 0 atom stereocenters. The number of fused-ring (bicyclic) bond motifs is 1. The van der Waals surface area contributed by atoms with Crippen molar-refractivity contribution in [1.82, 2.24) is 4.98 Å². The minimum absolute atomic E-state index is 0.0416. The number of anilines is 1. The summed E-state index contributed by atoms with van der Waals surface area (Å²) < 4.78 is 69.6. The Labute approximate surface area is 165 Å². The zero-order valence-corrected chi connectivity index (χ0v) is 16.2. The van der Waals surface area contributed by atoms with Gasteiger partial charge in [-0.1, -0.05) is 17.8 Å². The predicted molar refractivity (Wildman–Crippen MR) is 103 cm³/mol. The van der Waals surface area contributed by atoms with Crippen molar-refractivity contribution < 1.29 is 26.3 Å². The fraction of sp³-hybridized carbons (Fsp3) is 0.125. The predicted octanol–water partition coefficient (Wildman–Crippen LogP) is 4.58.